The fraction of sp³-hybridized carbons (Fsp3) is 0.440. The van der Waals surface area contributed by atoms with Gasteiger partial charge in [-0.25, -0.2) is 13.6 Å². The van der Waals surface area contributed by atoms with E-state index in [1.165, 1.54) is 6.07 Å². The molecule has 0 bridgehead atoms. The van der Waals surface area contributed by atoms with Crippen LogP contribution in [0.4, 0.5) is 19.3 Å². The van der Waals surface area contributed by atoms with E-state index in [-0.39, 0.29) is 29.1 Å². The van der Waals surface area contributed by atoms with E-state index in [0.29, 0.717) is 30.9 Å². The molecule has 1 saturated heterocycles. The predicted molar refractivity (Wildman–Crippen MR) is 123 cm³/mol. The number of hydrogen-bond acceptors (Lipinski definition) is 4. The zero-order chi connectivity index (χ0) is 24.5. The summed E-state index contributed by atoms with van der Waals surface area (Å²) in [6.07, 6.45) is 2.88. The van der Waals surface area contributed by atoms with Crippen molar-refractivity contribution in [2.75, 3.05) is 26.1 Å². The Morgan fingerprint density at radius 1 is 1.03 bits per heavy atom. The minimum atomic E-state index is -1.03. The highest BCUT2D eigenvalue weighted by atomic mass is 19.2. The Balaban J connectivity index is 1.53. The quantitative estimate of drug-likeness (QED) is 0.682. The van der Waals surface area contributed by atoms with Crippen LogP contribution in [-0.4, -0.2) is 49.7 Å². The maximum absolute atomic E-state index is 13.5. The number of fused-ring (bicyclic) bond motifs is 1. The molecule has 2 aliphatic rings. The number of urea groups is 1. The first kappa shape index (κ1) is 23.8. The Bertz CT molecular complexity index is 1100. The van der Waals surface area contributed by atoms with Gasteiger partial charge in [-0.05, 0) is 55.5 Å². The highest BCUT2D eigenvalue weighted by molar-refractivity contribution is 5.89. The van der Waals surface area contributed by atoms with Crippen LogP contribution in [0.2, 0.25) is 0 Å². The Hall–Kier alpha value is -3.36. The van der Waals surface area contributed by atoms with Crippen LogP contribution in [0.1, 0.15) is 38.2 Å². The number of rotatable bonds is 5. The lowest BCUT2D eigenvalue weighted by Gasteiger charge is -2.45. The molecule has 1 aliphatic heterocycles. The summed E-state index contributed by atoms with van der Waals surface area (Å²) in [5.74, 6) is -0.724. The molecule has 2 fully saturated rings. The first-order chi connectivity index (χ1) is 16.3. The third-order valence-electron chi connectivity index (χ3n) is 7.14. The lowest BCUT2D eigenvalue weighted by Crippen LogP contribution is -2.53. The van der Waals surface area contributed by atoms with Crippen LogP contribution in [0.15, 0.2) is 36.4 Å². The average molecular weight is 474 g/mol. The molecule has 0 radical (unpaired) electrons. The van der Waals surface area contributed by atoms with Gasteiger partial charge in [0.25, 0.3) is 0 Å². The van der Waals surface area contributed by atoms with Crippen molar-refractivity contribution in [1.29, 1.82) is 0 Å². The number of carbonyl (C=O) groups excluding carboxylic acids is 2. The summed E-state index contributed by atoms with van der Waals surface area (Å²) < 4.78 is 37.5. The van der Waals surface area contributed by atoms with Crippen molar-refractivity contribution in [3.63, 3.8) is 0 Å². The zero-order valence-electron chi connectivity index (χ0n) is 19.5. The number of nitrogens with one attached hydrogen (secondary N) is 2. The molecule has 2 N–H and O–H groups in total. The number of methoxy groups -OCH3 is 2. The number of likely N-dealkylation sites (tertiary alicyclic amines) is 1. The molecule has 1 saturated carbocycles. The summed E-state index contributed by atoms with van der Waals surface area (Å²) >= 11 is 0. The van der Waals surface area contributed by atoms with E-state index in [2.05, 4.69) is 10.6 Å². The van der Waals surface area contributed by atoms with Crippen molar-refractivity contribution < 1.29 is 27.8 Å². The second kappa shape index (κ2) is 9.48. The van der Waals surface area contributed by atoms with Crippen molar-refractivity contribution in [3.05, 3.63) is 53.6 Å². The molecule has 7 nitrogen and oxygen atoms in total. The van der Waals surface area contributed by atoms with Crippen LogP contribution < -0.4 is 20.1 Å². The van der Waals surface area contributed by atoms with E-state index in [4.69, 9.17) is 9.47 Å². The second-order valence-electron chi connectivity index (χ2n) is 8.90. The van der Waals surface area contributed by atoms with Crippen molar-refractivity contribution in [3.8, 4) is 11.5 Å². The van der Waals surface area contributed by atoms with Gasteiger partial charge in [0.05, 0.1) is 14.2 Å². The third kappa shape index (κ3) is 4.38. The van der Waals surface area contributed by atoms with Crippen molar-refractivity contribution in [2.24, 2.45) is 0 Å². The van der Waals surface area contributed by atoms with E-state index in [1.54, 1.807) is 21.1 Å². The van der Waals surface area contributed by atoms with Crippen LogP contribution in [0, 0.1) is 11.6 Å². The topological polar surface area (TPSA) is 79.9 Å². The molecule has 9 heteroatoms. The molecule has 34 heavy (non-hydrogen) atoms. The first-order valence-electron chi connectivity index (χ1n) is 11.3. The molecule has 1 aliphatic carbocycles. The Kier molecular flexibility index (Phi) is 6.63. The second-order valence-corrected chi connectivity index (χ2v) is 8.90. The van der Waals surface area contributed by atoms with Gasteiger partial charge in [0, 0.05) is 42.7 Å². The molecule has 0 aromatic heterocycles. The van der Waals surface area contributed by atoms with Crippen LogP contribution >= 0.6 is 0 Å². The number of anilines is 1. The van der Waals surface area contributed by atoms with E-state index in [0.717, 1.165) is 30.5 Å². The lowest BCUT2D eigenvalue weighted by molar-refractivity contribution is -0.130. The summed E-state index contributed by atoms with van der Waals surface area (Å²) in [6.45, 7) is 2.21. The molecular formula is C25H29F2N3O4. The monoisotopic (exact) mass is 473 g/mol. The molecular weight excluding hydrogens is 444 g/mol. The molecule has 4 rings (SSSR count). The molecule has 0 spiro atoms. The summed E-state index contributed by atoms with van der Waals surface area (Å²) in [7, 11) is 3.19. The van der Waals surface area contributed by atoms with E-state index >= 15 is 0 Å². The lowest BCUT2D eigenvalue weighted by atomic mass is 9.65. The standard InChI is InChI=1S/C25H29F2N3O4/c1-15(31)30-11-10-25(16-4-7-21(33-2)22(12-16)34-3)9-8-18(14-23(25)30)29-24(32)28-17-5-6-19(26)20(27)13-17/h4-7,12-13,18,23H,8-11,14H2,1-3H3,(H2,28,29,32)/t18-,23+,25-/m0/s1. The number of hydrogen-bond donors (Lipinski definition) is 2. The minimum Gasteiger partial charge on any atom is -0.493 e. The van der Waals surface area contributed by atoms with Gasteiger partial charge in [-0.15, -0.1) is 0 Å². The number of halogens is 2. The molecule has 0 unspecified atom stereocenters. The summed E-state index contributed by atoms with van der Waals surface area (Å²) in [5, 5.41) is 5.49. The average Bonchev–Trinajstić information content (AvgIpc) is 3.21. The molecule has 3 atom stereocenters. The smallest absolute Gasteiger partial charge is 0.319 e. The normalized spacial score (nSPS) is 23.7. The van der Waals surface area contributed by atoms with Gasteiger partial charge in [0.1, 0.15) is 0 Å². The van der Waals surface area contributed by atoms with E-state index < -0.39 is 17.7 Å². The zero-order valence-corrected chi connectivity index (χ0v) is 19.5. The SMILES string of the molecule is COc1ccc([C@@]23CC[C@H](NC(=O)Nc4ccc(F)c(F)c4)C[C@H]2N(C(C)=O)CC3)cc1OC. The Morgan fingerprint density at radius 2 is 1.79 bits per heavy atom. The molecule has 1 heterocycles. The van der Waals surface area contributed by atoms with Gasteiger partial charge in [-0.2, -0.15) is 0 Å². The minimum absolute atomic E-state index is 0.000703. The van der Waals surface area contributed by atoms with Crippen LogP contribution in [0.25, 0.3) is 0 Å². The maximum Gasteiger partial charge on any atom is 0.319 e. The summed E-state index contributed by atoms with van der Waals surface area (Å²) in [6, 6.07) is 8.33. The van der Waals surface area contributed by atoms with Crippen LogP contribution in [0.5, 0.6) is 11.5 Å². The largest absolute Gasteiger partial charge is 0.493 e. The van der Waals surface area contributed by atoms with Crippen LogP contribution in [-0.2, 0) is 10.2 Å². The number of benzene rings is 2. The highest BCUT2D eigenvalue weighted by Crippen LogP contribution is 2.50. The molecule has 3 amide bonds. The fourth-order valence-electron chi connectivity index (χ4n) is 5.47. The van der Waals surface area contributed by atoms with Crippen molar-refractivity contribution >= 4 is 17.6 Å². The Labute approximate surface area is 197 Å². The highest BCUT2D eigenvalue weighted by Gasteiger charge is 2.52. The number of amides is 3. The Morgan fingerprint density at radius 3 is 2.47 bits per heavy atom. The van der Waals surface area contributed by atoms with E-state index in [9.17, 15) is 18.4 Å². The van der Waals surface area contributed by atoms with Gasteiger partial charge >= 0.3 is 6.03 Å². The van der Waals surface area contributed by atoms with Gasteiger partial charge in [-0.3, -0.25) is 4.79 Å². The van der Waals surface area contributed by atoms with Crippen LogP contribution in [0.3, 0.4) is 0 Å². The van der Waals surface area contributed by atoms with Gasteiger partial charge < -0.3 is 25.0 Å². The molecule has 2 aromatic rings. The first-order valence-corrected chi connectivity index (χ1v) is 11.3. The fourth-order valence-corrected chi connectivity index (χ4v) is 5.47. The molecule has 182 valence electrons. The number of nitrogens with zero attached hydrogens (tertiary/aromatic N) is 1. The number of ether oxygens (including phenoxy) is 2. The van der Waals surface area contributed by atoms with Gasteiger partial charge in [0.15, 0.2) is 23.1 Å². The third-order valence-corrected chi connectivity index (χ3v) is 7.14. The number of carbonyl (C=O) groups is 2. The maximum atomic E-state index is 13.5. The van der Waals surface area contributed by atoms with Gasteiger partial charge in [-0.1, -0.05) is 6.07 Å². The summed E-state index contributed by atoms with van der Waals surface area (Å²) in [5.41, 5.74) is 1.00. The van der Waals surface area contributed by atoms with E-state index in [1.807, 2.05) is 23.1 Å². The summed E-state index contributed by atoms with van der Waals surface area (Å²) in [4.78, 5) is 26.9. The predicted octanol–water partition coefficient (Wildman–Crippen LogP) is 4.21. The van der Waals surface area contributed by atoms with Crippen molar-refractivity contribution in [2.45, 2.75) is 50.1 Å². The van der Waals surface area contributed by atoms with Gasteiger partial charge in [0.2, 0.25) is 5.91 Å². The molecule has 2 aromatic carbocycles. The van der Waals surface area contributed by atoms with Crippen molar-refractivity contribution in [1.82, 2.24) is 10.2 Å².